The first-order valence-corrected chi connectivity index (χ1v) is 6.46. The molecule has 21 heavy (non-hydrogen) atoms. The van der Waals surface area contributed by atoms with Crippen LogP contribution in [0.15, 0.2) is 24.3 Å². The minimum absolute atomic E-state index is 0.0518. The maximum Gasteiger partial charge on any atom is 0.408 e. The fraction of sp³-hybridized carbons (Fsp3) is 0.333. The van der Waals surface area contributed by atoms with E-state index in [1.54, 1.807) is 0 Å². The van der Waals surface area contributed by atoms with Gasteiger partial charge in [0.2, 0.25) is 0 Å². The summed E-state index contributed by atoms with van der Waals surface area (Å²) >= 11 is 3.92. The first-order chi connectivity index (χ1) is 9.97. The van der Waals surface area contributed by atoms with Crippen LogP contribution in [0.1, 0.15) is 5.56 Å². The van der Waals surface area contributed by atoms with Crippen LogP contribution in [-0.2, 0) is 20.9 Å². The number of nitro benzene ring substituents is 1. The molecule has 0 fully saturated rings. The average Bonchev–Trinajstić information content (AvgIpc) is 2.50. The number of nitrogens with one attached hydrogen (secondary N) is 1. The third-order valence-corrected chi connectivity index (χ3v) is 2.84. The molecule has 1 amide bonds. The van der Waals surface area contributed by atoms with Gasteiger partial charge in [0.05, 0.1) is 12.0 Å². The Kier molecular flexibility index (Phi) is 6.47. The molecule has 0 saturated carbocycles. The van der Waals surface area contributed by atoms with Crippen LogP contribution in [0.3, 0.4) is 0 Å². The number of thiol groups is 1. The van der Waals surface area contributed by atoms with Crippen LogP contribution >= 0.6 is 12.6 Å². The van der Waals surface area contributed by atoms with E-state index in [0.29, 0.717) is 5.56 Å². The summed E-state index contributed by atoms with van der Waals surface area (Å²) in [5.74, 6) is -0.559. The van der Waals surface area contributed by atoms with Crippen LogP contribution in [-0.4, -0.2) is 35.9 Å². The van der Waals surface area contributed by atoms with Gasteiger partial charge in [0.15, 0.2) is 0 Å². The van der Waals surface area contributed by atoms with Gasteiger partial charge in [-0.2, -0.15) is 12.6 Å². The molecular formula is C12H14N2O6S. The van der Waals surface area contributed by atoms with Gasteiger partial charge in [-0.25, -0.2) is 9.59 Å². The highest BCUT2D eigenvalue weighted by atomic mass is 32.1. The Labute approximate surface area is 126 Å². The molecular weight excluding hydrogens is 300 g/mol. The molecule has 0 aliphatic carbocycles. The summed E-state index contributed by atoms with van der Waals surface area (Å²) in [6.07, 6.45) is -0.808. The van der Waals surface area contributed by atoms with Crippen LogP contribution in [0.5, 0.6) is 0 Å². The number of amides is 1. The van der Waals surface area contributed by atoms with Gasteiger partial charge >= 0.3 is 12.1 Å². The largest absolute Gasteiger partial charge is 0.467 e. The first-order valence-electron chi connectivity index (χ1n) is 5.83. The number of benzene rings is 1. The number of ether oxygens (including phenoxy) is 2. The molecule has 1 unspecified atom stereocenters. The van der Waals surface area contributed by atoms with E-state index in [1.165, 1.54) is 31.4 Å². The molecule has 9 heteroatoms. The topological polar surface area (TPSA) is 108 Å². The number of hydrogen-bond donors (Lipinski definition) is 2. The van der Waals surface area contributed by atoms with Crippen LogP contribution in [0.4, 0.5) is 10.5 Å². The SMILES string of the molecule is COC(=O)C(CS)NC(=O)OCc1ccc([N+](=O)[O-])cc1. The standard InChI is InChI=1S/C12H14N2O6S/c1-19-11(15)10(7-21)13-12(16)20-6-8-2-4-9(5-3-8)14(17)18/h2-5,10,21H,6-7H2,1H3,(H,13,16). The summed E-state index contributed by atoms with van der Waals surface area (Å²) in [7, 11) is 1.20. The molecule has 8 nitrogen and oxygen atoms in total. The Morgan fingerprint density at radius 2 is 2.00 bits per heavy atom. The van der Waals surface area contributed by atoms with Crippen molar-refractivity contribution in [1.82, 2.24) is 5.32 Å². The van der Waals surface area contributed by atoms with Crippen molar-refractivity contribution in [1.29, 1.82) is 0 Å². The zero-order valence-corrected chi connectivity index (χ0v) is 12.0. The predicted octanol–water partition coefficient (Wildman–Crippen LogP) is 1.29. The zero-order chi connectivity index (χ0) is 15.8. The Morgan fingerprint density at radius 1 is 1.38 bits per heavy atom. The Balaban J connectivity index is 2.49. The maximum atomic E-state index is 11.5. The van der Waals surface area contributed by atoms with Crippen LogP contribution in [0, 0.1) is 10.1 Å². The minimum Gasteiger partial charge on any atom is -0.467 e. The molecule has 0 radical (unpaired) electrons. The number of nitro groups is 1. The lowest BCUT2D eigenvalue weighted by molar-refractivity contribution is -0.384. The fourth-order valence-electron chi connectivity index (χ4n) is 1.37. The summed E-state index contributed by atoms with van der Waals surface area (Å²) in [5, 5.41) is 12.8. The molecule has 0 bridgehead atoms. The molecule has 1 atom stereocenters. The number of alkyl carbamates (subject to hydrolysis) is 1. The molecule has 1 rings (SSSR count). The van der Waals surface area contributed by atoms with Gasteiger partial charge in [-0.05, 0) is 17.7 Å². The van der Waals surface area contributed by atoms with E-state index in [1.807, 2.05) is 0 Å². The quantitative estimate of drug-likeness (QED) is 0.354. The van der Waals surface area contributed by atoms with Crippen molar-refractivity contribution in [3.63, 3.8) is 0 Å². The highest BCUT2D eigenvalue weighted by molar-refractivity contribution is 7.80. The van der Waals surface area contributed by atoms with Crippen LogP contribution < -0.4 is 5.32 Å². The van der Waals surface area contributed by atoms with Gasteiger partial charge in [0, 0.05) is 17.9 Å². The van der Waals surface area contributed by atoms with E-state index in [-0.39, 0.29) is 18.0 Å². The Hall–Kier alpha value is -2.29. The number of hydrogen-bond acceptors (Lipinski definition) is 7. The second kappa shape index (κ2) is 8.10. The van der Waals surface area contributed by atoms with Crippen molar-refractivity contribution in [2.75, 3.05) is 12.9 Å². The van der Waals surface area contributed by atoms with Crippen molar-refractivity contribution in [2.45, 2.75) is 12.6 Å². The summed E-state index contributed by atoms with van der Waals surface area (Å²) in [6.45, 7) is -0.0791. The number of non-ortho nitro benzene ring substituents is 1. The van der Waals surface area contributed by atoms with Gasteiger partial charge in [-0.1, -0.05) is 0 Å². The number of esters is 1. The molecule has 0 aliphatic rings. The second-order valence-corrected chi connectivity index (χ2v) is 4.27. The summed E-state index contributed by atoms with van der Waals surface area (Å²) in [6, 6.07) is 4.66. The number of methoxy groups -OCH3 is 1. The second-order valence-electron chi connectivity index (χ2n) is 3.90. The van der Waals surface area contributed by atoms with Gasteiger partial charge in [-0.15, -0.1) is 0 Å². The molecule has 0 aliphatic heterocycles. The molecule has 114 valence electrons. The number of carbonyl (C=O) groups is 2. The van der Waals surface area contributed by atoms with Gasteiger partial charge in [-0.3, -0.25) is 10.1 Å². The van der Waals surface area contributed by atoms with Gasteiger partial charge in [0.1, 0.15) is 12.6 Å². The molecule has 1 aromatic carbocycles. The minimum atomic E-state index is -0.900. The smallest absolute Gasteiger partial charge is 0.408 e. The molecule has 1 N–H and O–H groups in total. The number of carbonyl (C=O) groups excluding carboxylic acids is 2. The molecule has 0 spiro atoms. The van der Waals surface area contributed by atoms with Crippen LogP contribution in [0.25, 0.3) is 0 Å². The molecule has 0 heterocycles. The van der Waals surface area contributed by atoms with E-state index in [4.69, 9.17) is 4.74 Å². The highest BCUT2D eigenvalue weighted by Gasteiger charge is 2.20. The van der Waals surface area contributed by atoms with Crippen LogP contribution in [0.2, 0.25) is 0 Å². The lowest BCUT2D eigenvalue weighted by Gasteiger charge is -2.14. The van der Waals surface area contributed by atoms with E-state index < -0.39 is 23.0 Å². The molecule has 1 aromatic rings. The monoisotopic (exact) mass is 314 g/mol. The van der Waals surface area contributed by atoms with Gasteiger partial charge in [0.25, 0.3) is 5.69 Å². The average molecular weight is 314 g/mol. The van der Waals surface area contributed by atoms with Gasteiger partial charge < -0.3 is 14.8 Å². The van der Waals surface area contributed by atoms with E-state index in [9.17, 15) is 19.7 Å². The predicted molar refractivity (Wildman–Crippen MR) is 76.1 cm³/mol. The third-order valence-electron chi connectivity index (χ3n) is 2.48. The van der Waals surface area contributed by atoms with Crippen molar-refractivity contribution in [2.24, 2.45) is 0 Å². The third kappa shape index (κ3) is 5.30. The number of rotatable bonds is 6. The van der Waals surface area contributed by atoms with Crippen molar-refractivity contribution < 1.29 is 24.0 Å². The summed E-state index contributed by atoms with van der Waals surface area (Å²) in [5.41, 5.74) is 0.528. The normalized spacial score (nSPS) is 11.3. The summed E-state index contributed by atoms with van der Waals surface area (Å²) < 4.78 is 9.37. The van der Waals surface area contributed by atoms with Crippen molar-refractivity contribution in [3.8, 4) is 0 Å². The van der Waals surface area contributed by atoms with E-state index in [0.717, 1.165) is 0 Å². The van der Waals surface area contributed by atoms with E-state index >= 15 is 0 Å². The fourth-order valence-corrected chi connectivity index (χ4v) is 1.61. The molecule has 0 saturated heterocycles. The zero-order valence-electron chi connectivity index (χ0n) is 11.1. The lowest BCUT2D eigenvalue weighted by Crippen LogP contribution is -2.43. The van der Waals surface area contributed by atoms with Crippen molar-refractivity contribution in [3.05, 3.63) is 39.9 Å². The lowest BCUT2D eigenvalue weighted by atomic mass is 10.2. The van der Waals surface area contributed by atoms with E-state index in [2.05, 4.69) is 22.7 Å². The Morgan fingerprint density at radius 3 is 2.48 bits per heavy atom. The maximum absolute atomic E-state index is 11.5. The van der Waals surface area contributed by atoms with Crippen molar-refractivity contribution >= 4 is 30.4 Å². The first kappa shape index (κ1) is 16.8. The number of nitrogens with zero attached hydrogens (tertiary/aromatic N) is 1. The Bertz CT molecular complexity index is 519. The molecule has 0 aromatic heterocycles. The highest BCUT2D eigenvalue weighted by Crippen LogP contribution is 2.12. The summed E-state index contributed by atoms with van der Waals surface area (Å²) in [4.78, 5) is 32.7.